The molecular formula is C62H119NO5. The number of hydrogen-bond donors (Lipinski definition) is 3. The first-order valence-electron chi connectivity index (χ1n) is 30.6. The zero-order valence-electron chi connectivity index (χ0n) is 45.9. The lowest BCUT2D eigenvalue weighted by Crippen LogP contribution is -2.45. The topological polar surface area (TPSA) is 95.9 Å². The molecule has 0 aromatic carbocycles. The molecule has 0 radical (unpaired) electrons. The minimum absolute atomic E-state index is 0.00264. The Morgan fingerprint density at radius 2 is 0.691 bits per heavy atom. The van der Waals surface area contributed by atoms with E-state index in [-0.39, 0.29) is 18.5 Å². The summed E-state index contributed by atoms with van der Waals surface area (Å²) < 4.78 is 5.46. The van der Waals surface area contributed by atoms with Crippen molar-refractivity contribution in [3.05, 3.63) is 24.3 Å². The van der Waals surface area contributed by atoms with Gasteiger partial charge in [0.15, 0.2) is 0 Å². The number of unbranched alkanes of at least 4 members (excludes halogenated alkanes) is 44. The van der Waals surface area contributed by atoms with Gasteiger partial charge in [0.05, 0.1) is 25.4 Å². The van der Waals surface area contributed by atoms with E-state index in [1.54, 1.807) is 6.08 Å². The van der Waals surface area contributed by atoms with Crippen LogP contribution in [0.1, 0.15) is 335 Å². The molecule has 2 atom stereocenters. The van der Waals surface area contributed by atoms with Crippen LogP contribution in [0, 0.1) is 0 Å². The number of aliphatic hydroxyl groups is 2. The van der Waals surface area contributed by atoms with E-state index < -0.39 is 12.1 Å². The number of ether oxygens (including phenoxy) is 1. The minimum Gasteiger partial charge on any atom is -0.466 e. The van der Waals surface area contributed by atoms with E-state index >= 15 is 0 Å². The molecule has 0 heterocycles. The van der Waals surface area contributed by atoms with Gasteiger partial charge in [0.1, 0.15) is 0 Å². The van der Waals surface area contributed by atoms with E-state index in [1.165, 1.54) is 244 Å². The van der Waals surface area contributed by atoms with E-state index in [1.807, 2.05) is 6.08 Å². The third-order valence-electron chi connectivity index (χ3n) is 14.2. The monoisotopic (exact) mass is 958 g/mol. The van der Waals surface area contributed by atoms with Crippen LogP contribution in [0.5, 0.6) is 0 Å². The Kier molecular flexibility index (Phi) is 56.5. The fourth-order valence-electron chi connectivity index (χ4n) is 9.51. The van der Waals surface area contributed by atoms with Crippen LogP contribution in [0.25, 0.3) is 0 Å². The van der Waals surface area contributed by atoms with Gasteiger partial charge in [-0.1, -0.05) is 289 Å². The molecule has 0 saturated carbocycles. The highest BCUT2D eigenvalue weighted by Crippen LogP contribution is 2.17. The lowest BCUT2D eigenvalue weighted by Gasteiger charge is -2.20. The second kappa shape index (κ2) is 57.9. The molecule has 6 nitrogen and oxygen atoms in total. The first-order valence-corrected chi connectivity index (χ1v) is 30.6. The van der Waals surface area contributed by atoms with Crippen LogP contribution in [0.4, 0.5) is 0 Å². The quantitative estimate of drug-likeness (QED) is 0.0321. The molecule has 0 aliphatic carbocycles. The van der Waals surface area contributed by atoms with Crippen molar-refractivity contribution in [1.29, 1.82) is 0 Å². The molecule has 1 amide bonds. The van der Waals surface area contributed by atoms with Crippen molar-refractivity contribution in [2.75, 3.05) is 13.2 Å². The standard InChI is InChI=1S/C62H119NO5/c1-3-5-7-9-11-13-15-17-18-19-20-21-22-23-24-25-28-31-34-38-42-46-50-54-60(65)59(58-64)63-61(66)55-51-47-43-39-35-32-29-26-27-30-33-37-41-45-49-53-57-68-62(67)56-52-48-44-40-36-16-14-12-10-8-6-4-2/h26,29,50,54,59-60,64-65H,3-25,27-28,30-49,51-53,55-58H2,1-2H3,(H,63,66)/b29-26-,54-50+. The van der Waals surface area contributed by atoms with E-state index in [2.05, 4.69) is 31.3 Å². The first kappa shape index (κ1) is 66.3. The number of esters is 1. The van der Waals surface area contributed by atoms with Crippen molar-refractivity contribution in [3.63, 3.8) is 0 Å². The molecule has 0 saturated heterocycles. The summed E-state index contributed by atoms with van der Waals surface area (Å²) in [5, 5.41) is 23.2. The van der Waals surface area contributed by atoms with Gasteiger partial charge in [0, 0.05) is 12.8 Å². The average Bonchev–Trinajstić information content (AvgIpc) is 3.34. The van der Waals surface area contributed by atoms with Crippen LogP contribution >= 0.6 is 0 Å². The molecule has 68 heavy (non-hydrogen) atoms. The molecule has 0 aromatic rings. The number of amides is 1. The third-order valence-corrected chi connectivity index (χ3v) is 14.2. The van der Waals surface area contributed by atoms with Crippen LogP contribution in [0.3, 0.4) is 0 Å². The van der Waals surface area contributed by atoms with Gasteiger partial charge in [-0.15, -0.1) is 0 Å². The number of carbonyl (C=O) groups is 2. The Hall–Kier alpha value is -1.66. The zero-order chi connectivity index (χ0) is 49.3. The van der Waals surface area contributed by atoms with Gasteiger partial charge in [-0.25, -0.2) is 0 Å². The van der Waals surface area contributed by atoms with E-state index in [0.29, 0.717) is 19.4 Å². The SMILES string of the molecule is CCCCCCCCCCCCCCCCCCCCCCC/C=C/C(O)C(CO)NC(=O)CCCCCCC/C=C\CCCCCCCCCOC(=O)CCCCCCCCCCCCCC. The summed E-state index contributed by atoms with van der Waals surface area (Å²) in [6, 6.07) is -0.641. The number of aliphatic hydroxyl groups excluding tert-OH is 2. The fourth-order valence-corrected chi connectivity index (χ4v) is 9.51. The smallest absolute Gasteiger partial charge is 0.305 e. The van der Waals surface area contributed by atoms with Crippen LogP contribution in [0.2, 0.25) is 0 Å². The molecule has 6 heteroatoms. The Morgan fingerprint density at radius 3 is 1.04 bits per heavy atom. The second-order valence-electron chi connectivity index (χ2n) is 21.0. The Bertz CT molecular complexity index is 1060. The van der Waals surface area contributed by atoms with E-state index in [4.69, 9.17) is 4.74 Å². The molecule has 2 unspecified atom stereocenters. The summed E-state index contributed by atoms with van der Waals surface area (Å²) in [5.74, 6) is -0.0845. The van der Waals surface area contributed by atoms with Crippen LogP contribution in [0.15, 0.2) is 24.3 Å². The van der Waals surface area contributed by atoms with E-state index in [9.17, 15) is 19.8 Å². The van der Waals surface area contributed by atoms with Crippen molar-refractivity contribution in [2.24, 2.45) is 0 Å². The maximum absolute atomic E-state index is 12.5. The molecule has 0 aromatic heterocycles. The second-order valence-corrected chi connectivity index (χ2v) is 21.0. The number of hydrogen-bond acceptors (Lipinski definition) is 5. The Labute approximate surface area is 424 Å². The summed E-state index contributed by atoms with van der Waals surface area (Å²) >= 11 is 0. The first-order chi connectivity index (χ1) is 33.5. The van der Waals surface area contributed by atoms with Crippen LogP contribution in [-0.2, 0) is 14.3 Å². The lowest BCUT2D eigenvalue weighted by molar-refractivity contribution is -0.143. The van der Waals surface area contributed by atoms with Crippen LogP contribution < -0.4 is 5.32 Å². The normalized spacial score (nSPS) is 12.7. The fraction of sp³-hybridized carbons (Fsp3) is 0.903. The van der Waals surface area contributed by atoms with Gasteiger partial charge < -0.3 is 20.3 Å². The summed E-state index contributed by atoms with van der Waals surface area (Å²) in [6.45, 7) is 4.90. The number of allylic oxidation sites excluding steroid dienone is 3. The van der Waals surface area contributed by atoms with Crippen molar-refractivity contribution < 1.29 is 24.5 Å². The van der Waals surface area contributed by atoms with Crippen molar-refractivity contribution in [1.82, 2.24) is 5.32 Å². The minimum atomic E-state index is -0.856. The average molecular weight is 959 g/mol. The number of rotatable bonds is 57. The summed E-state index contributed by atoms with van der Waals surface area (Å²) in [6.07, 6.45) is 70.7. The van der Waals surface area contributed by atoms with Crippen molar-refractivity contribution in [2.45, 2.75) is 347 Å². The molecule has 0 rings (SSSR count). The maximum atomic E-state index is 12.5. The molecule has 0 spiro atoms. The summed E-state index contributed by atoms with van der Waals surface area (Å²) in [5.41, 5.74) is 0. The lowest BCUT2D eigenvalue weighted by atomic mass is 10.0. The predicted molar refractivity (Wildman–Crippen MR) is 296 cm³/mol. The van der Waals surface area contributed by atoms with Gasteiger partial charge in [-0.3, -0.25) is 9.59 Å². The highest BCUT2D eigenvalue weighted by molar-refractivity contribution is 5.76. The van der Waals surface area contributed by atoms with Crippen molar-refractivity contribution in [3.8, 4) is 0 Å². The maximum Gasteiger partial charge on any atom is 0.305 e. The largest absolute Gasteiger partial charge is 0.466 e. The summed E-state index contributed by atoms with van der Waals surface area (Å²) in [7, 11) is 0. The highest BCUT2D eigenvalue weighted by Gasteiger charge is 2.18. The Balaban J connectivity index is 3.49. The highest BCUT2D eigenvalue weighted by atomic mass is 16.5. The molecular weight excluding hydrogens is 839 g/mol. The van der Waals surface area contributed by atoms with Gasteiger partial charge in [-0.05, 0) is 57.8 Å². The molecule has 0 aliphatic rings. The van der Waals surface area contributed by atoms with Crippen molar-refractivity contribution >= 4 is 11.9 Å². The molecule has 402 valence electrons. The molecule has 0 aliphatic heterocycles. The zero-order valence-corrected chi connectivity index (χ0v) is 45.9. The summed E-state index contributed by atoms with van der Waals surface area (Å²) in [4.78, 5) is 24.5. The molecule has 0 bridgehead atoms. The third kappa shape index (κ3) is 53.7. The van der Waals surface area contributed by atoms with Gasteiger partial charge in [0.25, 0.3) is 0 Å². The number of carbonyl (C=O) groups excluding carboxylic acids is 2. The van der Waals surface area contributed by atoms with Gasteiger partial charge >= 0.3 is 5.97 Å². The molecule has 3 N–H and O–H groups in total. The van der Waals surface area contributed by atoms with Gasteiger partial charge in [0.2, 0.25) is 5.91 Å². The van der Waals surface area contributed by atoms with Gasteiger partial charge in [-0.2, -0.15) is 0 Å². The van der Waals surface area contributed by atoms with Crippen LogP contribution in [-0.4, -0.2) is 47.4 Å². The predicted octanol–water partition coefficient (Wildman–Crippen LogP) is 19.0. The Morgan fingerprint density at radius 1 is 0.397 bits per heavy atom. The number of nitrogens with one attached hydrogen (secondary N) is 1. The van der Waals surface area contributed by atoms with E-state index in [0.717, 1.165) is 64.2 Å². The molecule has 0 fully saturated rings.